The van der Waals surface area contributed by atoms with E-state index in [0.717, 1.165) is 30.3 Å². The highest BCUT2D eigenvalue weighted by atomic mass is 35.5. The Bertz CT molecular complexity index is 1290. The molecule has 3 aliphatic rings. The van der Waals surface area contributed by atoms with Gasteiger partial charge in [0.25, 0.3) is 0 Å². The molecule has 6 nitrogen and oxygen atoms in total. The molecule has 0 bridgehead atoms. The maximum Gasteiger partial charge on any atom is 0.230 e. The van der Waals surface area contributed by atoms with Gasteiger partial charge in [0.05, 0.1) is 16.7 Å². The van der Waals surface area contributed by atoms with Crippen molar-refractivity contribution in [1.29, 1.82) is 0 Å². The van der Waals surface area contributed by atoms with E-state index in [1.165, 1.54) is 0 Å². The number of sulfonamides is 1. The number of amides is 1. The van der Waals surface area contributed by atoms with Crippen molar-refractivity contribution in [2.75, 3.05) is 6.54 Å². The molecule has 1 heterocycles. The predicted octanol–water partition coefficient (Wildman–Crippen LogP) is 5.90. The number of carbonyl (C=O) groups is 2. The van der Waals surface area contributed by atoms with Crippen LogP contribution in [0.25, 0.3) is 0 Å². The molecule has 1 aliphatic heterocycles. The fraction of sp³-hybridized carbons (Fsp3) is 0.517. The second-order valence-electron chi connectivity index (χ2n) is 11.1. The van der Waals surface area contributed by atoms with Gasteiger partial charge in [0.2, 0.25) is 15.9 Å². The Balaban J connectivity index is 1.64. The van der Waals surface area contributed by atoms with E-state index >= 15 is 0 Å². The summed E-state index contributed by atoms with van der Waals surface area (Å²) in [6.45, 7) is 2.13. The summed E-state index contributed by atoms with van der Waals surface area (Å²) in [5.41, 5.74) is 1.05. The first-order chi connectivity index (χ1) is 18.2. The lowest BCUT2D eigenvalue weighted by atomic mass is 9.65. The number of likely N-dealkylation sites (tertiary alicyclic amines) is 1. The maximum absolute atomic E-state index is 14.5. The van der Waals surface area contributed by atoms with Gasteiger partial charge in [-0.3, -0.25) is 4.79 Å². The summed E-state index contributed by atoms with van der Waals surface area (Å²) in [7, 11) is -3.43. The van der Waals surface area contributed by atoms with Crippen LogP contribution in [-0.4, -0.2) is 43.3 Å². The lowest BCUT2D eigenvalue weighted by molar-refractivity contribution is -0.158. The monoisotopic (exact) mass is 576 g/mol. The van der Waals surface area contributed by atoms with Crippen molar-refractivity contribution >= 4 is 45.4 Å². The predicted molar refractivity (Wildman–Crippen MR) is 150 cm³/mol. The number of hydrogen-bond acceptors (Lipinski definition) is 4. The molecule has 0 radical (unpaired) electrons. The first kappa shape index (κ1) is 27.6. The van der Waals surface area contributed by atoms with E-state index in [0.29, 0.717) is 35.7 Å². The number of nitrogens with one attached hydrogen (secondary N) is 1. The molecule has 204 valence electrons. The molecule has 2 aliphatic carbocycles. The third-order valence-corrected chi connectivity index (χ3v) is 11.0. The van der Waals surface area contributed by atoms with Gasteiger partial charge >= 0.3 is 0 Å². The number of nitrogens with zero attached hydrogens (tertiary/aromatic N) is 1. The van der Waals surface area contributed by atoms with Crippen LogP contribution in [0.2, 0.25) is 10.0 Å². The average molecular weight is 578 g/mol. The topological polar surface area (TPSA) is 83.6 Å². The van der Waals surface area contributed by atoms with Crippen LogP contribution >= 0.6 is 23.2 Å². The second kappa shape index (κ2) is 10.9. The first-order valence-electron chi connectivity index (χ1n) is 13.4. The van der Waals surface area contributed by atoms with Crippen LogP contribution in [0.5, 0.6) is 0 Å². The Hall–Kier alpha value is -1.93. The van der Waals surface area contributed by atoms with Crippen LogP contribution in [0.4, 0.5) is 0 Å². The van der Waals surface area contributed by atoms with E-state index in [2.05, 4.69) is 4.72 Å². The first-order valence-corrected chi connectivity index (χ1v) is 15.7. The largest absolute Gasteiger partial charge is 0.330 e. The minimum atomic E-state index is -3.43. The molecule has 38 heavy (non-hydrogen) atoms. The van der Waals surface area contributed by atoms with Gasteiger partial charge in [-0.25, -0.2) is 13.1 Å². The quantitative estimate of drug-likeness (QED) is 0.338. The highest BCUT2D eigenvalue weighted by Crippen LogP contribution is 2.55. The molecule has 9 heteroatoms. The van der Waals surface area contributed by atoms with E-state index in [-0.39, 0.29) is 48.0 Å². The molecule has 2 saturated carbocycles. The molecule has 1 amide bonds. The van der Waals surface area contributed by atoms with E-state index in [1.54, 1.807) is 0 Å². The Morgan fingerprint density at radius 2 is 1.76 bits per heavy atom. The smallest absolute Gasteiger partial charge is 0.230 e. The van der Waals surface area contributed by atoms with Gasteiger partial charge in [-0.15, -0.1) is 0 Å². The number of benzene rings is 2. The number of piperidine rings is 1. The highest BCUT2D eigenvalue weighted by molar-refractivity contribution is 7.90. The van der Waals surface area contributed by atoms with Crippen molar-refractivity contribution in [3.05, 3.63) is 69.7 Å². The summed E-state index contributed by atoms with van der Waals surface area (Å²) >= 11 is 12.7. The van der Waals surface area contributed by atoms with Gasteiger partial charge in [-0.1, -0.05) is 54.4 Å². The summed E-state index contributed by atoms with van der Waals surface area (Å²) in [4.78, 5) is 28.4. The van der Waals surface area contributed by atoms with Crippen molar-refractivity contribution < 1.29 is 18.0 Å². The zero-order valence-electron chi connectivity index (χ0n) is 21.5. The Labute approximate surface area is 235 Å². The number of aldehydes is 1. The molecule has 3 fully saturated rings. The van der Waals surface area contributed by atoms with Crippen molar-refractivity contribution in [2.45, 2.75) is 75.1 Å². The number of carbonyl (C=O) groups excluding carboxylic acids is 2. The molecule has 1 N–H and O–H groups in total. The van der Waals surface area contributed by atoms with Gasteiger partial charge in [0.15, 0.2) is 0 Å². The van der Waals surface area contributed by atoms with Gasteiger partial charge in [0.1, 0.15) is 6.29 Å². The Kier molecular flexibility index (Phi) is 7.94. The number of hydrogen-bond donors (Lipinski definition) is 1. The minimum Gasteiger partial charge on any atom is -0.330 e. The van der Waals surface area contributed by atoms with Crippen LogP contribution < -0.4 is 4.72 Å². The van der Waals surface area contributed by atoms with E-state index in [4.69, 9.17) is 23.2 Å². The van der Waals surface area contributed by atoms with E-state index < -0.39 is 15.4 Å². The number of rotatable bonds is 11. The van der Waals surface area contributed by atoms with E-state index in [1.807, 2.05) is 60.4 Å². The Morgan fingerprint density at radius 1 is 1.05 bits per heavy atom. The van der Waals surface area contributed by atoms with Crippen LogP contribution in [0.15, 0.2) is 48.5 Å². The molecule has 3 unspecified atom stereocenters. The molecule has 0 aromatic heterocycles. The van der Waals surface area contributed by atoms with Crippen LogP contribution in [-0.2, 0) is 19.6 Å². The normalized spacial score (nSPS) is 26.8. The molecule has 1 saturated heterocycles. The fourth-order valence-corrected chi connectivity index (χ4v) is 7.82. The molecule has 4 atom stereocenters. The van der Waals surface area contributed by atoms with Crippen molar-refractivity contribution in [2.24, 2.45) is 11.3 Å². The van der Waals surface area contributed by atoms with Crippen molar-refractivity contribution in [3.63, 3.8) is 0 Å². The standard InChI is InChI=1S/C29H34Cl2N2O4S/c1-2-29(14-15-34)17-25(21-4-3-5-23(31)16-21)27(20-8-10-22(30)11-9-20)33(28(29)35)26(19-6-7-19)18-32-38(36,37)24-12-13-24/h3-5,8-11,15-16,19,24-27,32H,2,6-7,12-14,17-18H2,1H3/t25-,26?,27?,29?/m1/s1. The molecule has 2 aromatic carbocycles. The third kappa shape index (κ3) is 5.53. The van der Waals surface area contributed by atoms with Crippen LogP contribution in [0.1, 0.15) is 75.0 Å². The number of halogens is 2. The van der Waals surface area contributed by atoms with Gasteiger partial charge in [-0.2, -0.15) is 0 Å². The SMILES string of the molecule is CCC1(CC=O)C[C@H](c2cccc(Cl)c2)C(c2ccc(Cl)cc2)N(C(CNS(=O)(=O)C2CC2)C2CC2)C1=O. The minimum absolute atomic E-state index is 0.0761. The Morgan fingerprint density at radius 3 is 2.34 bits per heavy atom. The van der Waals surface area contributed by atoms with Crippen molar-refractivity contribution in [1.82, 2.24) is 9.62 Å². The summed E-state index contributed by atoms with van der Waals surface area (Å²) < 4.78 is 28.5. The third-order valence-electron chi connectivity index (χ3n) is 8.60. The zero-order valence-corrected chi connectivity index (χ0v) is 23.8. The molecular weight excluding hydrogens is 543 g/mol. The van der Waals surface area contributed by atoms with Crippen LogP contribution in [0, 0.1) is 11.3 Å². The highest BCUT2D eigenvalue weighted by Gasteiger charge is 2.55. The van der Waals surface area contributed by atoms with E-state index in [9.17, 15) is 18.0 Å². The van der Waals surface area contributed by atoms with Gasteiger partial charge in [0, 0.05) is 35.0 Å². The summed E-state index contributed by atoms with van der Waals surface area (Å²) in [5, 5.41) is 0.867. The average Bonchev–Trinajstić information content (AvgIpc) is 3.80. The zero-order chi connectivity index (χ0) is 27.1. The lowest BCUT2D eigenvalue weighted by Gasteiger charge is -2.53. The summed E-state index contributed by atoms with van der Waals surface area (Å²) in [5.74, 6) is -0.0267. The van der Waals surface area contributed by atoms with Gasteiger partial charge in [-0.05, 0) is 79.8 Å². The summed E-state index contributed by atoms with van der Waals surface area (Å²) in [6.07, 6.45) is 5.19. The molecule has 0 spiro atoms. The van der Waals surface area contributed by atoms with Crippen molar-refractivity contribution in [3.8, 4) is 0 Å². The molecule has 2 aromatic rings. The second-order valence-corrected chi connectivity index (χ2v) is 14.0. The fourth-order valence-electron chi connectivity index (χ4n) is 6.10. The summed E-state index contributed by atoms with van der Waals surface area (Å²) in [6, 6.07) is 14.6. The van der Waals surface area contributed by atoms with Crippen LogP contribution in [0.3, 0.4) is 0 Å². The maximum atomic E-state index is 14.5. The lowest BCUT2D eigenvalue weighted by Crippen LogP contribution is -2.59. The molecular formula is C29H34Cl2N2O4S. The van der Waals surface area contributed by atoms with Gasteiger partial charge < -0.3 is 9.69 Å². The molecule has 5 rings (SSSR count).